The molecule has 0 aliphatic carbocycles. The van der Waals surface area contributed by atoms with E-state index in [0.717, 1.165) is 6.07 Å². The van der Waals surface area contributed by atoms with Gasteiger partial charge in [0.15, 0.2) is 11.1 Å². The summed E-state index contributed by atoms with van der Waals surface area (Å²) < 4.78 is 41.2. The lowest BCUT2D eigenvalue weighted by atomic mass is 10.4. The highest BCUT2D eigenvalue weighted by molar-refractivity contribution is 7.89. The van der Waals surface area contributed by atoms with E-state index in [1.54, 1.807) is 0 Å². The van der Waals surface area contributed by atoms with Crippen LogP contribution < -0.4 is 5.14 Å². The molecule has 1 aromatic carbocycles. The summed E-state index contributed by atoms with van der Waals surface area (Å²) in [4.78, 5) is -0.433. The Morgan fingerprint density at radius 3 is 2.43 bits per heavy atom. The Morgan fingerprint density at radius 1 is 1.43 bits per heavy atom. The molecular weight excluding hydrogens is 250 g/mol. The molecule has 1 atom stereocenters. The van der Waals surface area contributed by atoms with Crippen LogP contribution in [0.25, 0.3) is 0 Å². The van der Waals surface area contributed by atoms with Crippen molar-refractivity contribution in [2.45, 2.75) is 9.79 Å². The van der Waals surface area contributed by atoms with Gasteiger partial charge in [0.1, 0.15) is 4.90 Å². The van der Waals surface area contributed by atoms with Crippen LogP contribution in [0.1, 0.15) is 0 Å². The molecule has 14 heavy (non-hydrogen) atoms. The van der Waals surface area contributed by atoms with Crippen LogP contribution >= 0.6 is 11.6 Å². The van der Waals surface area contributed by atoms with Crippen molar-refractivity contribution in [3.05, 3.63) is 23.2 Å². The van der Waals surface area contributed by atoms with Crippen LogP contribution in [0.2, 0.25) is 5.02 Å². The topological polar surface area (TPSA) is 97.5 Å². The van der Waals surface area contributed by atoms with E-state index in [1.807, 2.05) is 0 Å². The first-order chi connectivity index (χ1) is 6.32. The normalized spacial score (nSPS) is 13.9. The molecule has 3 N–H and O–H groups in total. The van der Waals surface area contributed by atoms with Gasteiger partial charge in [0, 0.05) is 0 Å². The molecule has 1 unspecified atom stereocenters. The third kappa shape index (κ3) is 2.52. The molecule has 0 aliphatic heterocycles. The Labute approximate surface area is 88.2 Å². The molecule has 5 nitrogen and oxygen atoms in total. The van der Waals surface area contributed by atoms with Gasteiger partial charge in [-0.15, -0.1) is 0 Å². The van der Waals surface area contributed by atoms with Crippen molar-refractivity contribution in [3.63, 3.8) is 0 Å². The minimum absolute atomic E-state index is 0.0709. The Morgan fingerprint density at radius 2 is 2.00 bits per heavy atom. The predicted molar refractivity (Wildman–Crippen MR) is 51.9 cm³/mol. The molecule has 0 aliphatic rings. The Bertz CT molecular complexity index is 485. The number of halogens is 1. The van der Waals surface area contributed by atoms with E-state index < -0.39 is 21.1 Å². The van der Waals surface area contributed by atoms with E-state index in [2.05, 4.69) is 0 Å². The van der Waals surface area contributed by atoms with Crippen LogP contribution in [0.3, 0.4) is 0 Å². The lowest BCUT2D eigenvalue weighted by Crippen LogP contribution is -2.13. The van der Waals surface area contributed by atoms with Crippen LogP contribution in [0, 0.1) is 0 Å². The number of hydrogen-bond acceptors (Lipinski definition) is 3. The van der Waals surface area contributed by atoms with Gasteiger partial charge in [-0.05, 0) is 18.2 Å². The second kappa shape index (κ2) is 3.95. The number of rotatable bonds is 2. The summed E-state index contributed by atoms with van der Waals surface area (Å²) in [6.45, 7) is 0. The van der Waals surface area contributed by atoms with Crippen LogP contribution in [-0.2, 0) is 21.1 Å². The van der Waals surface area contributed by atoms with Gasteiger partial charge in [-0.25, -0.2) is 17.8 Å². The quantitative estimate of drug-likeness (QED) is 0.755. The summed E-state index contributed by atoms with van der Waals surface area (Å²) in [6.07, 6.45) is 0. The van der Waals surface area contributed by atoms with Crippen LogP contribution in [0.5, 0.6) is 0 Å². The lowest BCUT2D eigenvalue weighted by molar-refractivity contribution is 0.564. The highest BCUT2D eigenvalue weighted by Crippen LogP contribution is 2.22. The molecule has 0 saturated heterocycles. The minimum atomic E-state index is -3.97. The smallest absolute Gasteiger partial charge is 0.239 e. The highest BCUT2D eigenvalue weighted by atomic mass is 35.5. The maximum Gasteiger partial charge on any atom is 0.239 e. The molecule has 0 fully saturated rings. The minimum Gasteiger partial charge on any atom is -0.302 e. The van der Waals surface area contributed by atoms with E-state index in [4.69, 9.17) is 21.3 Å². The summed E-state index contributed by atoms with van der Waals surface area (Å²) in [5, 5.41) is 4.75. The number of sulfonamides is 1. The molecule has 0 spiro atoms. The Hall–Kier alpha value is -0.470. The van der Waals surface area contributed by atoms with Crippen molar-refractivity contribution < 1.29 is 17.2 Å². The fourth-order valence-electron chi connectivity index (χ4n) is 0.810. The fraction of sp³-hybridized carbons (Fsp3) is 0. The molecular formula is C6H6ClNO4S2. The molecule has 0 amide bonds. The number of benzene rings is 1. The maximum atomic E-state index is 10.9. The van der Waals surface area contributed by atoms with Crippen molar-refractivity contribution in [2.24, 2.45) is 5.14 Å². The average Bonchev–Trinajstić information content (AvgIpc) is 2.02. The summed E-state index contributed by atoms with van der Waals surface area (Å²) in [5.74, 6) is 0. The van der Waals surface area contributed by atoms with Crippen LogP contribution in [0.15, 0.2) is 28.0 Å². The van der Waals surface area contributed by atoms with E-state index in [-0.39, 0.29) is 14.8 Å². The average molecular weight is 256 g/mol. The van der Waals surface area contributed by atoms with Gasteiger partial charge in [0.05, 0.1) is 9.92 Å². The first-order valence-corrected chi connectivity index (χ1v) is 6.28. The van der Waals surface area contributed by atoms with Crippen LogP contribution in [0.4, 0.5) is 0 Å². The van der Waals surface area contributed by atoms with Crippen molar-refractivity contribution in [1.29, 1.82) is 0 Å². The summed E-state index contributed by atoms with van der Waals surface area (Å²) in [7, 11) is -3.97. The predicted octanol–water partition coefficient (Wildman–Crippen LogP) is 0.568. The van der Waals surface area contributed by atoms with Gasteiger partial charge in [-0.1, -0.05) is 11.6 Å². The van der Waals surface area contributed by atoms with Crippen molar-refractivity contribution in [3.8, 4) is 0 Å². The van der Waals surface area contributed by atoms with E-state index in [9.17, 15) is 12.6 Å². The van der Waals surface area contributed by atoms with Gasteiger partial charge >= 0.3 is 0 Å². The third-order valence-corrected chi connectivity index (χ3v) is 3.46. The Kier molecular flexibility index (Phi) is 3.28. The van der Waals surface area contributed by atoms with Gasteiger partial charge in [-0.2, -0.15) is 0 Å². The summed E-state index contributed by atoms with van der Waals surface area (Å²) >= 11 is 3.28. The molecule has 1 aromatic rings. The SMILES string of the molecule is NS(=O)(=O)c1cc(S(=O)O)ccc1Cl. The zero-order chi connectivity index (χ0) is 10.9. The van der Waals surface area contributed by atoms with Crippen molar-refractivity contribution in [2.75, 3.05) is 0 Å². The van der Waals surface area contributed by atoms with Gasteiger partial charge in [0.25, 0.3) is 0 Å². The van der Waals surface area contributed by atoms with Crippen molar-refractivity contribution in [1.82, 2.24) is 0 Å². The van der Waals surface area contributed by atoms with Crippen LogP contribution in [-0.4, -0.2) is 17.2 Å². The number of nitrogens with two attached hydrogens (primary N) is 1. The fourth-order valence-corrected chi connectivity index (χ4v) is 2.36. The first kappa shape index (κ1) is 11.6. The standard InChI is InChI=1S/C6H6ClNO4S2/c7-5-2-1-4(13(9)10)3-6(5)14(8,11)12/h1-3H,(H,9,10)(H2,8,11,12). The molecule has 0 bridgehead atoms. The van der Waals surface area contributed by atoms with E-state index in [1.165, 1.54) is 12.1 Å². The molecule has 0 saturated carbocycles. The second-order valence-electron chi connectivity index (χ2n) is 2.39. The molecule has 0 heterocycles. The van der Waals surface area contributed by atoms with E-state index >= 15 is 0 Å². The second-order valence-corrected chi connectivity index (χ2v) is 5.29. The molecule has 78 valence electrons. The molecule has 0 aromatic heterocycles. The van der Waals surface area contributed by atoms with Crippen molar-refractivity contribution >= 4 is 32.7 Å². The largest absolute Gasteiger partial charge is 0.302 e. The lowest BCUT2D eigenvalue weighted by Gasteiger charge is -2.02. The summed E-state index contributed by atoms with van der Waals surface area (Å²) in [5.41, 5.74) is 0. The monoisotopic (exact) mass is 255 g/mol. The maximum absolute atomic E-state index is 10.9. The zero-order valence-corrected chi connectivity index (χ0v) is 9.06. The number of hydrogen-bond donors (Lipinski definition) is 2. The Balaban J connectivity index is 3.44. The zero-order valence-electron chi connectivity index (χ0n) is 6.68. The van der Waals surface area contributed by atoms with Gasteiger partial charge in [-0.3, -0.25) is 0 Å². The van der Waals surface area contributed by atoms with E-state index in [0.29, 0.717) is 0 Å². The molecule has 8 heteroatoms. The first-order valence-electron chi connectivity index (χ1n) is 3.25. The summed E-state index contributed by atoms with van der Waals surface area (Å²) in [6, 6.07) is 3.41. The molecule has 1 rings (SSSR count). The molecule has 0 radical (unpaired) electrons. The number of primary sulfonamides is 1. The third-order valence-electron chi connectivity index (χ3n) is 1.41. The van der Waals surface area contributed by atoms with Gasteiger partial charge < -0.3 is 4.55 Å². The van der Waals surface area contributed by atoms with Gasteiger partial charge in [0.2, 0.25) is 10.0 Å². The highest BCUT2D eigenvalue weighted by Gasteiger charge is 2.14.